The molecule has 1 saturated carbocycles. The molecule has 368 valence electrons. The third kappa shape index (κ3) is 14.5. The van der Waals surface area contributed by atoms with Gasteiger partial charge >= 0.3 is 5.97 Å². The van der Waals surface area contributed by atoms with Crippen LogP contribution in [0.5, 0.6) is 0 Å². The van der Waals surface area contributed by atoms with E-state index < -0.39 is 84.1 Å². The fourth-order valence-electron chi connectivity index (χ4n) is 10.3. The minimum Gasteiger partial charge on any atom is -0.460 e. The van der Waals surface area contributed by atoms with Crippen LogP contribution < -0.4 is 0 Å². The Morgan fingerprint density at radius 3 is 2.25 bits per heavy atom. The second kappa shape index (κ2) is 25.3. The summed E-state index contributed by atoms with van der Waals surface area (Å²) in [6.07, 6.45) is 10.9. The number of cyclic esters (lactones) is 1. The number of ether oxygens (including phenoxy) is 5. The Morgan fingerprint density at radius 1 is 0.846 bits per heavy atom. The lowest BCUT2D eigenvalue weighted by molar-refractivity contribution is -0.265. The number of piperidine rings is 1. The average molecular weight is 916 g/mol. The Balaban J connectivity index is 1.70. The number of ketones is 2. The third-order valence-corrected chi connectivity index (χ3v) is 14.7. The Kier molecular flexibility index (Phi) is 21.3. The molecule has 16 atom stereocenters. The van der Waals surface area contributed by atoms with Crippen molar-refractivity contribution in [3.8, 4) is 0 Å². The first kappa shape index (κ1) is 54.5. The van der Waals surface area contributed by atoms with Gasteiger partial charge in [-0.15, -0.1) is 0 Å². The van der Waals surface area contributed by atoms with E-state index in [1.165, 1.54) is 12.0 Å². The molecular formula is C51H81NO13. The zero-order valence-electron chi connectivity index (χ0n) is 40.7. The maximum absolute atomic E-state index is 14.4. The number of fused-ring (bicyclic) bond motifs is 3. The number of Topliss-reactive ketones (excluding diaryl/α,β-unsaturated/α-hetero) is 2. The molecule has 4 N–H and O–H groups in total. The van der Waals surface area contributed by atoms with Crippen molar-refractivity contribution in [3.63, 3.8) is 0 Å². The van der Waals surface area contributed by atoms with Crippen molar-refractivity contribution in [2.24, 2.45) is 35.5 Å². The molecule has 4 rings (SSSR count). The largest absolute Gasteiger partial charge is 0.460 e. The van der Waals surface area contributed by atoms with Crippen molar-refractivity contribution in [3.05, 3.63) is 47.6 Å². The van der Waals surface area contributed by atoms with Gasteiger partial charge in [0.1, 0.15) is 30.1 Å². The van der Waals surface area contributed by atoms with Gasteiger partial charge in [0.2, 0.25) is 5.79 Å². The topological polar surface area (TPSA) is 199 Å². The van der Waals surface area contributed by atoms with Crippen LogP contribution in [0.15, 0.2) is 47.6 Å². The highest BCUT2D eigenvalue weighted by molar-refractivity contribution is 6.39. The van der Waals surface area contributed by atoms with Gasteiger partial charge in [0.25, 0.3) is 11.7 Å². The van der Waals surface area contributed by atoms with E-state index in [-0.39, 0.29) is 54.9 Å². The molecule has 1 aliphatic carbocycles. The zero-order chi connectivity index (χ0) is 48.2. The van der Waals surface area contributed by atoms with Crippen LogP contribution in [-0.4, -0.2) is 137 Å². The number of aliphatic hydroxyl groups excluding tert-OH is 3. The molecule has 3 heterocycles. The van der Waals surface area contributed by atoms with Gasteiger partial charge in [-0.25, -0.2) is 4.79 Å². The summed E-state index contributed by atoms with van der Waals surface area (Å²) in [5, 5.41) is 45.3. The second-order valence-electron chi connectivity index (χ2n) is 19.8. The molecule has 0 aromatic rings. The lowest BCUT2D eigenvalue weighted by Crippen LogP contribution is -2.61. The number of methoxy groups -OCH3 is 3. The van der Waals surface area contributed by atoms with Gasteiger partial charge < -0.3 is 49.0 Å². The number of nitrogens with zero attached hydrogens (tertiary/aromatic N) is 1. The Morgan fingerprint density at radius 2 is 1.57 bits per heavy atom. The van der Waals surface area contributed by atoms with Crippen LogP contribution in [0.25, 0.3) is 0 Å². The molecule has 0 aromatic heterocycles. The molecule has 0 radical (unpaired) electrons. The smallest absolute Gasteiger partial charge is 0.329 e. The predicted molar refractivity (Wildman–Crippen MR) is 246 cm³/mol. The fourth-order valence-corrected chi connectivity index (χ4v) is 10.3. The van der Waals surface area contributed by atoms with E-state index in [9.17, 15) is 39.6 Å². The van der Waals surface area contributed by atoms with Crippen LogP contribution in [0.2, 0.25) is 0 Å². The van der Waals surface area contributed by atoms with Crippen molar-refractivity contribution in [2.45, 2.75) is 186 Å². The van der Waals surface area contributed by atoms with E-state index in [1.54, 1.807) is 41.1 Å². The minimum atomic E-state index is -2.42. The second-order valence-corrected chi connectivity index (χ2v) is 19.8. The molecule has 3 aliphatic heterocycles. The molecule has 0 aromatic carbocycles. The summed E-state index contributed by atoms with van der Waals surface area (Å²) in [6, 6.07) is -1.13. The van der Waals surface area contributed by atoms with Gasteiger partial charge in [0.15, 0.2) is 0 Å². The van der Waals surface area contributed by atoms with Crippen LogP contribution in [0.3, 0.4) is 0 Å². The number of carbonyl (C=O) groups excluding carboxylic acids is 4. The Labute approximate surface area is 387 Å². The normalized spacial score (nSPS) is 40.2. The molecule has 14 heteroatoms. The summed E-state index contributed by atoms with van der Waals surface area (Å²) >= 11 is 0. The summed E-state index contributed by atoms with van der Waals surface area (Å²) in [5.41, 5.74) is 1.34. The Hall–Kier alpha value is -3.08. The van der Waals surface area contributed by atoms with Crippen LogP contribution in [0.4, 0.5) is 0 Å². The first-order valence-electron chi connectivity index (χ1n) is 24.1. The van der Waals surface area contributed by atoms with Crippen molar-refractivity contribution in [1.29, 1.82) is 0 Å². The first-order valence-corrected chi connectivity index (χ1v) is 24.1. The maximum Gasteiger partial charge on any atom is 0.329 e. The molecule has 0 unspecified atom stereocenters. The predicted octanol–water partition coefficient (Wildman–Crippen LogP) is 5.97. The monoisotopic (exact) mass is 916 g/mol. The molecule has 0 spiro atoms. The quantitative estimate of drug-likeness (QED) is 0.138. The fraction of sp³-hybridized carbons (Fsp3) is 0.765. The zero-order valence-corrected chi connectivity index (χ0v) is 40.7. The van der Waals surface area contributed by atoms with Crippen LogP contribution >= 0.6 is 0 Å². The van der Waals surface area contributed by atoms with Crippen molar-refractivity contribution in [2.75, 3.05) is 27.9 Å². The van der Waals surface area contributed by atoms with Gasteiger partial charge in [-0.1, -0.05) is 71.1 Å². The maximum atomic E-state index is 14.4. The van der Waals surface area contributed by atoms with Gasteiger partial charge in [0.05, 0.1) is 30.5 Å². The van der Waals surface area contributed by atoms with Crippen molar-refractivity contribution >= 4 is 23.4 Å². The highest BCUT2D eigenvalue weighted by Crippen LogP contribution is 2.38. The van der Waals surface area contributed by atoms with E-state index in [0.717, 1.165) is 12.0 Å². The summed E-state index contributed by atoms with van der Waals surface area (Å²) in [6.45, 7) is 13.0. The lowest BCUT2D eigenvalue weighted by atomic mass is 9.78. The molecule has 14 nitrogen and oxygen atoms in total. The van der Waals surface area contributed by atoms with Crippen molar-refractivity contribution < 1.29 is 63.3 Å². The number of amides is 1. The summed E-state index contributed by atoms with van der Waals surface area (Å²) in [4.78, 5) is 58.1. The molecule has 3 fully saturated rings. The number of hydrogen-bond donors (Lipinski definition) is 4. The van der Waals surface area contributed by atoms with Gasteiger partial charge in [0, 0.05) is 52.6 Å². The number of esters is 1. The standard InChI is InChI=1S/C51H81NO13/c1-30-16-12-11-13-17-31(2)42(61-8)28-38-21-19-36(7)51(60,65-38)48(57)49(58)52-23-15-14-18-39(52)50(59)64-43(33(4)26-37-20-22-40(53)44(27-37)62-9)29-41(54)32(3)25-35(6)46(56)47(63-10)45(55)34(5)24-30/h11-13,16-17,25,30,32-34,36-40,42-47,53,55-56,60H,14-15,18-24,26-29H2,1-10H3/b13-11?,16-12+,31-17?,35-25+/t30-,32-,33-,34-,36-,37+,38+,39+,40-,42+,43+,44-,45+,46-,47+,51-/m1/s1. The summed E-state index contributed by atoms with van der Waals surface area (Å²) in [5.74, 6) is -7.35. The molecule has 2 saturated heterocycles. The SMILES string of the molecule is CO[C@H]1[C@@H](O)[C@H](C)C[C@H](C)/C=C/C=CC=C(C)[C@@H](OC)C[C@@H]2CC[C@@H](C)[C@@](O)(O2)C(=O)C(=O)N2CCCC[C@H]2C(=O)O[C@H]([C@H](C)C[C@@H]2CC[C@@H](O)[C@H](OC)C2)CC(=O)[C@H](C)/C=C(\C)[C@H]1O. The molecule has 4 aliphatic rings. The highest BCUT2D eigenvalue weighted by Gasteiger charge is 2.53. The molecular weight excluding hydrogens is 835 g/mol. The molecule has 2 bridgehead atoms. The highest BCUT2D eigenvalue weighted by atomic mass is 16.6. The van der Waals surface area contributed by atoms with Crippen LogP contribution in [-0.2, 0) is 42.9 Å². The first-order chi connectivity index (χ1) is 30.7. The number of allylic oxidation sites excluding steroid dienone is 6. The number of hydrogen-bond acceptors (Lipinski definition) is 13. The van der Waals surface area contributed by atoms with Gasteiger partial charge in [-0.3, -0.25) is 14.4 Å². The number of aliphatic hydroxyl groups is 4. The minimum absolute atomic E-state index is 0.0801. The van der Waals surface area contributed by atoms with E-state index >= 15 is 0 Å². The van der Waals surface area contributed by atoms with E-state index in [2.05, 4.69) is 0 Å². The number of carbonyl (C=O) groups is 4. The number of rotatable bonds is 6. The molecule has 65 heavy (non-hydrogen) atoms. The van der Waals surface area contributed by atoms with Crippen LogP contribution in [0, 0.1) is 35.5 Å². The van der Waals surface area contributed by atoms with E-state index in [1.807, 2.05) is 58.1 Å². The summed E-state index contributed by atoms with van der Waals surface area (Å²) in [7, 11) is 4.59. The Bertz CT molecular complexity index is 1710. The summed E-state index contributed by atoms with van der Waals surface area (Å²) < 4.78 is 29.5. The molecule has 1 amide bonds. The van der Waals surface area contributed by atoms with Gasteiger partial charge in [-0.2, -0.15) is 0 Å². The lowest BCUT2D eigenvalue weighted by Gasteiger charge is -2.42. The van der Waals surface area contributed by atoms with E-state index in [0.29, 0.717) is 63.4 Å². The van der Waals surface area contributed by atoms with Crippen LogP contribution in [0.1, 0.15) is 126 Å². The van der Waals surface area contributed by atoms with Crippen molar-refractivity contribution in [1.82, 2.24) is 4.90 Å². The van der Waals surface area contributed by atoms with E-state index in [4.69, 9.17) is 23.7 Å². The van der Waals surface area contributed by atoms with Gasteiger partial charge in [-0.05, 0) is 113 Å². The third-order valence-electron chi connectivity index (χ3n) is 14.7. The average Bonchev–Trinajstić information content (AvgIpc) is 3.28.